The summed E-state index contributed by atoms with van der Waals surface area (Å²) in [6, 6.07) is 0. The fourth-order valence-corrected chi connectivity index (χ4v) is 2.87. The van der Waals surface area contributed by atoms with E-state index in [-0.39, 0.29) is 12.3 Å². The second-order valence-electron chi connectivity index (χ2n) is 5.80. The molecule has 1 aromatic heterocycles. The number of hydrogen-bond donors (Lipinski definition) is 2. The van der Waals surface area contributed by atoms with Gasteiger partial charge in [0, 0.05) is 19.3 Å². The monoisotopic (exact) mass is 309 g/mol. The van der Waals surface area contributed by atoms with Crippen molar-refractivity contribution in [2.24, 2.45) is 0 Å². The molecule has 0 saturated heterocycles. The van der Waals surface area contributed by atoms with E-state index < -0.39 is 11.5 Å². The summed E-state index contributed by atoms with van der Waals surface area (Å²) < 4.78 is 5.18. The van der Waals surface area contributed by atoms with Crippen LogP contribution in [0.2, 0.25) is 0 Å². The fraction of sp³-hybridized carbons (Fsp3) is 0.733. The lowest BCUT2D eigenvalue weighted by Crippen LogP contribution is -2.44. The molecule has 1 amide bonds. The maximum atomic E-state index is 12.2. The molecule has 7 nitrogen and oxygen atoms in total. The van der Waals surface area contributed by atoms with E-state index in [1.165, 1.54) is 0 Å². The molecule has 2 N–H and O–H groups in total. The zero-order valence-corrected chi connectivity index (χ0v) is 12.9. The molecule has 1 heterocycles. The highest BCUT2D eigenvalue weighted by atomic mass is 16.5. The number of nitrogens with zero attached hydrogens (tertiary/aromatic N) is 2. The molecule has 0 aliphatic heterocycles. The van der Waals surface area contributed by atoms with E-state index in [2.05, 4.69) is 15.5 Å². The largest absolute Gasteiger partial charge is 0.481 e. The van der Waals surface area contributed by atoms with Crippen molar-refractivity contribution in [3.63, 3.8) is 0 Å². The van der Waals surface area contributed by atoms with E-state index in [0.29, 0.717) is 37.4 Å². The highest BCUT2D eigenvalue weighted by Gasteiger charge is 2.41. The van der Waals surface area contributed by atoms with Gasteiger partial charge in [0.25, 0.3) is 0 Å². The molecule has 0 radical (unpaired) electrons. The van der Waals surface area contributed by atoms with E-state index in [1.807, 2.05) is 6.92 Å². The lowest BCUT2D eigenvalue weighted by molar-refractivity contribution is -0.137. The first-order valence-corrected chi connectivity index (χ1v) is 7.91. The van der Waals surface area contributed by atoms with Crippen LogP contribution >= 0.6 is 0 Å². The van der Waals surface area contributed by atoms with Crippen LogP contribution in [-0.2, 0) is 21.5 Å². The van der Waals surface area contributed by atoms with E-state index in [4.69, 9.17) is 9.63 Å². The third kappa shape index (κ3) is 4.05. The van der Waals surface area contributed by atoms with E-state index in [9.17, 15) is 9.59 Å². The van der Waals surface area contributed by atoms with Gasteiger partial charge in [-0.3, -0.25) is 9.59 Å². The molecular formula is C15H23N3O4. The number of carboxylic acids is 1. The van der Waals surface area contributed by atoms with Crippen LogP contribution in [0.3, 0.4) is 0 Å². The topological polar surface area (TPSA) is 105 Å². The summed E-state index contributed by atoms with van der Waals surface area (Å²) >= 11 is 0. The Bertz CT molecular complexity index is 521. The number of rotatable bonds is 8. The van der Waals surface area contributed by atoms with Gasteiger partial charge in [-0.15, -0.1) is 0 Å². The molecule has 0 atom stereocenters. The average Bonchev–Trinajstić information content (AvgIpc) is 3.12. The number of amides is 1. The number of carboxylic acid groups (broad SMARTS) is 1. The maximum Gasteiger partial charge on any atom is 0.303 e. The molecule has 0 bridgehead atoms. The summed E-state index contributed by atoms with van der Waals surface area (Å²) in [5.41, 5.74) is -0.513. The van der Waals surface area contributed by atoms with Crippen molar-refractivity contribution in [2.45, 2.75) is 70.3 Å². The van der Waals surface area contributed by atoms with Gasteiger partial charge in [0.2, 0.25) is 11.8 Å². The molecule has 0 aromatic carbocycles. The number of carbonyl (C=O) groups excluding carboxylic acids is 1. The molecule has 1 aromatic rings. The predicted molar refractivity (Wildman–Crippen MR) is 78.1 cm³/mol. The number of nitrogens with one attached hydrogen (secondary N) is 1. The number of aryl methyl sites for hydroxylation is 1. The first-order valence-electron chi connectivity index (χ1n) is 7.91. The minimum Gasteiger partial charge on any atom is -0.481 e. The van der Waals surface area contributed by atoms with E-state index in [1.54, 1.807) is 0 Å². The second-order valence-corrected chi connectivity index (χ2v) is 5.80. The van der Waals surface area contributed by atoms with Crippen molar-refractivity contribution in [3.8, 4) is 0 Å². The van der Waals surface area contributed by atoms with E-state index >= 15 is 0 Å². The summed E-state index contributed by atoms with van der Waals surface area (Å²) in [5, 5.41) is 15.7. The van der Waals surface area contributed by atoms with Gasteiger partial charge in [0.05, 0.1) is 0 Å². The van der Waals surface area contributed by atoms with Gasteiger partial charge in [-0.2, -0.15) is 4.98 Å². The van der Waals surface area contributed by atoms with Gasteiger partial charge >= 0.3 is 5.97 Å². The lowest BCUT2D eigenvalue weighted by atomic mass is 9.96. The number of aliphatic carboxylic acids is 1. The van der Waals surface area contributed by atoms with Crippen LogP contribution in [-0.4, -0.2) is 27.1 Å². The van der Waals surface area contributed by atoms with Gasteiger partial charge < -0.3 is 14.9 Å². The molecule has 0 spiro atoms. The number of hydrogen-bond acceptors (Lipinski definition) is 5. The van der Waals surface area contributed by atoms with Crippen LogP contribution in [0.15, 0.2) is 4.52 Å². The Hall–Kier alpha value is -1.92. The molecule has 7 heteroatoms. The second kappa shape index (κ2) is 7.38. The molecular weight excluding hydrogens is 286 g/mol. The molecule has 1 aliphatic rings. The molecule has 1 fully saturated rings. The Labute approximate surface area is 129 Å². The summed E-state index contributed by atoms with van der Waals surface area (Å²) in [4.78, 5) is 27.0. The third-order valence-corrected chi connectivity index (χ3v) is 4.08. The molecule has 1 saturated carbocycles. The quantitative estimate of drug-likeness (QED) is 0.713. The summed E-state index contributed by atoms with van der Waals surface area (Å²) in [6.07, 6.45) is 5.86. The minimum absolute atomic E-state index is 0.0739. The Balaban J connectivity index is 1.93. The van der Waals surface area contributed by atoms with Gasteiger partial charge in [0.15, 0.2) is 5.82 Å². The molecule has 1 aliphatic carbocycles. The van der Waals surface area contributed by atoms with Gasteiger partial charge in [-0.1, -0.05) is 24.9 Å². The van der Waals surface area contributed by atoms with Crippen molar-refractivity contribution in [1.29, 1.82) is 0 Å². The van der Waals surface area contributed by atoms with Crippen molar-refractivity contribution >= 4 is 11.9 Å². The van der Waals surface area contributed by atoms with Crippen molar-refractivity contribution < 1.29 is 19.2 Å². The number of aromatic nitrogens is 2. The SMILES string of the molecule is CCc1nc(C2(NC(=O)CCCCC(=O)O)CCCC2)no1. The minimum atomic E-state index is -0.827. The van der Waals surface area contributed by atoms with Gasteiger partial charge in [-0.05, 0) is 25.7 Å². The average molecular weight is 309 g/mol. The van der Waals surface area contributed by atoms with E-state index in [0.717, 1.165) is 25.7 Å². The predicted octanol–water partition coefficient (Wildman–Crippen LogP) is 2.16. The standard InChI is InChI=1S/C15H23N3O4/c1-2-12-16-14(18-22-12)15(9-5-6-10-15)17-11(19)7-3-4-8-13(20)21/h2-10H2,1H3,(H,17,19)(H,20,21). The third-order valence-electron chi connectivity index (χ3n) is 4.08. The van der Waals surface area contributed by atoms with Crippen molar-refractivity contribution in [1.82, 2.24) is 15.5 Å². The van der Waals surface area contributed by atoms with Crippen LogP contribution in [0.5, 0.6) is 0 Å². The summed E-state index contributed by atoms with van der Waals surface area (Å²) in [6.45, 7) is 1.94. The first kappa shape index (κ1) is 16.5. The highest BCUT2D eigenvalue weighted by Crippen LogP contribution is 2.37. The zero-order chi connectivity index (χ0) is 16.0. The Morgan fingerprint density at radius 3 is 2.55 bits per heavy atom. The van der Waals surface area contributed by atoms with Crippen molar-refractivity contribution in [2.75, 3.05) is 0 Å². The Morgan fingerprint density at radius 2 is 1.95 bits per heavy atom. The number of unbranched alkanes of at least 4 members (excludes halogenated alkanes) is 1. The molecule has 22 heavy (non-hydrogen) atoms. The Morgan fingerprint density at radius 1 is 1.27 bits per heavy atom. The maximum absolute atomic E-state index is 12.2. The highest BCUT2D eigenvalue weighted by molar-refractivity contribution is 5.77. The van der Waals surface area contributed by atoms with Crippen molar-refractivity contribution in [3.05, 3.63) is 11.7 Å². The van der Waals surface area contributed by atoms with Crippen LogP contribution in [0.1, 0.15) is 70.0 Å². The van der Waals surface area contributed by atoms with Gasteiger partial charge in [0.1, 0.15) is 5.54 Å². The first-order chi connectivity index (χ1) is 10.6. The summed E-state index contributed by atoms with van der Waals surface area (Å²) in [5.74, 6) is 0.249. The van der Waals surface area contributed by atoms with Crippen LogP contribution < -0.4 is 5.32 Å². The Kier molecular flexibility index (Phi) is 5.51. The zero-order valence-electron chi connectivity index (χ0n) is 12.9. The number of carbonyl (C=O) groups is 2. The summed E-state index contributed by atoms with van der Waals surface area (Å²) in [7, 11) is 0. The van der Waals surface area contributed by atoms with Gasteiger partial charge in [-0.25, -0.2) is 0 Å². The van der Waals surface area contributed by atoms with Crippen LogP contribution in [0.25, 0.3) is 0 Å². The molecule has 2 rings (SSSR count). The van der Waals surface area contributed by atoms with Crippen LogP contribution in [0.4, 0.5) is 0 Å². The molecule has 0 unspecified atom stereocenters. The lowest BCUT2D eigenvalue weighted by Gasteiger charge is -2.26. The fourth-order valence-electron chi connectivity index (χ4n) is 2.87. The molecule has 122 valence electrons. The smallest absolute Gasteiger partial charge is 0.303 e. The normalized spacial score (nSPS) is 16.6. The van der Waals surface area contributed by atoms with Crippen LogP contribution in [0, 0.1) is 0 Å².